The molecular weight excluding hydrogens is 556 g/mol. The number of aliphatic carboxylic acids is 1. The van der Waals surface area contributed by atoms with Gasteiger partial charge in [0.2, 0.25) is 10.0 Å². The highest BCUT2D eigenvalue weighted by atomic mass is 32.2. The van der Waals surface area contributed by atoms with Gasteiger partial charge in [-0.1, -0.05) is 29.3 Å². The number of nitrogens with zero attached hydrogens (tertiary/aromatic N) is 1. The Labute approximate surface area is 230 Å². The summed E-state index contributed by atoms with van der Waals surface area (Å²) in [5, 5.41) is 7.12. The summed E-state index contributed by atoms with van der Waals surface area (Å²) in [4.78, 5) is 23.5. The topological polar surface area (TPSA) is 113 Å². The second kappa shape index (κ2) is 12.5. The Bertz CT molecular complexity index is 1340. The van der Waals surface area contributed by atoms with Crippen molar-refractivity contribution >= 4 is 21.9 Å². The lowest BCUT2D eigenvalue weighted by Crippen LogP contribution is -2.40. The molecule has 8 nitrogen and oxygen atoms in total. The predicted molar refractivity (Wildman–Crippen MR) is 139 cm³/mol. The maximum absolute atomic E-state index is 14.8. The highest BCUT2D eigenvalue weighted by Gasteiger charge is 2.38. The molecule has 2 fully saturated rings. The molecule has 2 aromatic carbocycles. The molecule has 1 unspecified atom stereocenters. The molecular formula is C27H32F4N2O6S. The molecule has 1 saturated heterocycles. The Morgan fingerprint density at radius 2 is 1.68 bits per heavy atom. The van der Waals surface area contributed by atoms with E-state index in [1.807, 2.05) is 4.72 Å². The maximum Gasteiger partial charge on any atom is 0.490 e. The van der Waals surface area contributed by atoms with Crippen molar-refractivity contribution in [3.8, 4) is 5.75 Å². The molecule has 2 aliphatic rings. The fraction of sp³-hybridized carbons (Fsp3) is 0.481. The van der Waals surface area contributed by atoms with Crippen molar-refractivity contribution in [2.24, 2.45) is 0 Å². The summed E-state index contributed by atoms with van der Waals surface area (Å²) >= 11 is 0. The summed E-state index contributed by atoms with van der Waals surface area (Å²) in [6, 6.07) is 9.28. The fourth-order valence-electron chi connectivity index (χ4n) is 4.64. The largest absolute Gasteiger partial charge is 0.490 e. The number of benzene rings is 2. The SMILES string of the molecule is Cc1cc(C)cc(CN2CCCC(Oc3cc(F)c(C(=O)NS(C)(=O)=O)cc3C3CC3)C2)c1.O=C(O)C(F)(F)F. The summed E-state index contributed by atoms with van der Waals surface area (Å²) < 4.78 is 77.5. The van der Waals surface area contributed by atoms with Crippen LogP contribution in [0.3, 0.4) is 0 Å². The number of likely N-dealkylation sites (tertiary alicyclic amines) is 1. The van der Waals surface area contributed by atoms with Crippen molar-refractivity contribution in [2.45, 2.75) is 64.3 Å². The number of rotatable bonds is 7. The number of alkyl halides is 3. The summed E-state index contributed by atoms with van der Waals surface area (Å²) in [5.41, 5.74) is 4.29. The van der Waals surface area contributed by atoms with E-state index in [1.54, 1.807) is 0 Å². The van der Waals surface area contributed by atoms with Crippen LogP contribution >= 0.6 is 0 Å². The Morgan fingerprint density at radius 3 is 2.20 bits per heavy atom. The molecule has 0 aromatic heterocycles. The lowest BCUT2D eigenvalue weighted by atomic mass is 10.0. The summed E-state index contributed by atoms with van der Waals surface area (Å²) in [5.74, 6) is -3.82. The predicted octanol–water partition coefficient (Wildman–Crippen LogP) is 4.69. The van der Waals surface area contributed by atoms with Gasteiger partial charge in [-0.15, -0.1) is 0 Å². The lowest BCUT2D eigenvalue weighted by molar-refractivity contribution is -0.192. The van der Waals surface area contributed by atoms with Gasteiger partial charge in [0.25, 0.3) is 5.91 Å². The first-order valence-corrected chi connectivity index (χ1v) is 14.5. The van der Waals surface area contributed by atoms with Gasteiger partial charge in [-0.05, 0) is 69.2 Å². The van der Waals surface area contributed by atoms with Gasteiger partial charge in [-0.3, -0.25) is 9.69 Å². The summed E-state index contributed by atoms with van der Waals surface area (Å²) in [6.07, 6.45) is -0.527. The Kier molecular flexibility index (Phi) is 9.83. The quantitative estimate of drug-likeness (QED) is 0.452. The van der Waals surface area contributed by atoms with Crippen molar-refractivity contribution in [3.05, 3.63) is 64.0 Å². The summed E-state index contributed by atoms with van der Waals surface area (Å²) in [7, 11) is -3.78. The van der Waals surface area contributed by atoms with E-state index in [0.717, 1.165) is 57.1 Å². The van der Waals surface area contributed by atoms with Gasteiger partial charge in [0, 0.05) is 19.2 Å². The number of amides is 1. The number of halogens is 4. The standard InChI is InChI=1S/C25H31FN2O4S.C2HF3O2/c1-16-9-17(2)11-18(10-16)14-28-8-4-5-20(15-28)32-24-13-23(26)22(12-21(24)19-6-7-19)25(29)27-33(3,30)31;3-2(4,5)1(6)7/h9-13,19-20H,4-8,14-15H2,1-3H3,(H,27,29);(H,6,7). The molecule has 13 heteroatoms. The first kappa shape index (κ1) is 31.3. The molecule has 1 amide bonds. The van der Waals surface area contributed by atoms with Crippen molar-refractivity contribution in [1.29, 1.82) is 0 Å². The number of carboxylic acids is 1. The van der Waals surface area contributed by atoms with Crippen molar-refractivity contribution < 1.29 is 45.4 Å². The smallest absolute Gasteiger partial charge is 0.489 e. The van der Waals surface area contributed by atoms with Crippen molar-refractivity contribution in [3.63, 3.8) is 0 Å². The number of hydrogen-bond acceptors (Lipinski definition) is 6. The molecule has 4 rings (SSSR count). The minimum atomic E-state index is -5.08. The number of carbonyl (C=O) groups excluding carboxylic acids is 1. The van der Waals surface area contributed by atoms with Gasteiger partial charge in [-0.25, -0.2) is 22.3 Å². The van der Waals surface area contributed by atoms with Crippen LogP contribution in [0, 0.1) is 19.7 Å². The van der Waals surface area contributed by atoms with Gasteiger partial charge in [0.1, 0.15) is 17.7 Å². The van der Waals surface area contributed by atoms with Crippen LogP contribution < -0.4 is 9.46 Å². The molecule has 1 aliphatic carbocycles. The van der Waals surface area contributed by atoms with Gasteiger partial charge in [-0.2, -0.15) is 13.2 Å². The van der Waals surface area contributed by atoms with Crippen molar-refractivity contribution in [1.82, 2.24) is 9.62 Å². The Hall–Kier alpha value is -3.19. The number of hydrogen-bond donors (Lipinski definition) is 2. The van der Waals surface area contributed by atoms with Crippen LogP contribution in [0.1, 0.15) is 64.2 Å². The van der Waals surface area contributed by atoms with Crippen LogP contribution in [0.2, 0.25) is 0 Å². The average molecular weight is 589 g/mol. The number of carbonyl (C=O) groups is 2. The third kappa shape index (κ3) is 9.47. The number of piperidine rings is 1. The number of carboxylic acid groups (broad SMARTS) is 1. The molecule has 0 bridgehead atoms. The van der Waals surface area contributed by atoms with E-state index in [0.29, 0.717) is 5.75 Å². The highest BCUT2D eigenvalue weighted by Crippen LogP contribution is 2.45. The molecule has 2 aromatic rings. The van der Waals surface area contributed by atoms with Crippen LogP contribution in [0.25, 0.3) is 0 Å². The second-order valence-electron chi connectivity index (χ2n) is 10.3. The molecule has 0 radical (unpaired) electrons. The van der Waals surface area contributed by atoms with Gasteiger partial charge in [0.05, 0.1) is 11.8 Å². The van der Waals surface area contributed by atoms with Crippen LogP contribution in [0.5, 0.6) is 5.75 Å². The van der Waals surface area contributed by atoms with E-state index in [2.05, 4.69) is 36.9 Å². The lowest BCUT2D eigenvalue weighted by Gasteiger charge is -2.33. The zero-order valence-electron chi connectivity index (χ0n) is 22.3. The van der Waals surface area contributed by atoms with Crippen molar-refractivity contribution in [2.75, 3.05) is 19.3 Å². The normalized spacial score (nSPS) is 17.9. The number of aryl methyl sites for hydroxylation is 2. The van der Waals surface area contributed by atoms with E-state index >= 15 is 0 Å². The van der Waals surface area contributed by atoms with Gasteiger partial charge >= 0.3 is 12.1 Å². The zero-order valence-corrected chi connectivity index (χ0v) is 23.2. The summed E-state index contributed by atoms with van der Waals surface area (Å²) in [6.45, 7) is 6.78. The minimum absolute atomic E-state index is 0.0720. The Morgan fingerprint density at radius 1 is 1.07 bits per heavy atom. The molecule has 0 spiro atoms. The van der Waals surface area contributed by atoms with Crippen LogP contribution in [-0.2, 0) is 21.4 Å². The molecule has 1 atom stereocenters. The van der Waals surface area contributed by atoms with E-state index in [9.17, 15) is 30.8 Å². The van der Waals surface area contributed by atoms with E-state index < -0.39 is 33.9 Å². The van der Waals surface area contributed by atoms with E-state index in [1.165, 1.54) is 28.8 Å². The molecule has 2 N–H and O–H groups in total. The van der Waals surface area contributed by atoms with Gasteiger partial charge in [0.15, 0.2) is 0 Å². The van der Waals surface area contributed by atoms with E-state index in [-0.39, 0.29) is 17.6 Å². The highest BCUT2D eigenvalue weighted by molar-refractivity contribution is 7.89. The molecule has 1 saturated carbocycles. The third-order valence-electron chi connectivity index (χ3n) is 6.33. The van der Waals surface area contributed by atoms with Crippen LogP contribution in [0.4, 0.5) is 17.6 Å². The van der Waals surface area contributed by atoms with Crippen LogP contribution in [0.15, 0.2) is 30.3 Å². The number of ether oxygens (including phenoxy) is 1. The minimum Gasteiger partial charge on any atom is -0.489 e. The zero-order chi connectivity index (χ0) is 29.8. The monoisotopic (exact) mass is 588 g/mol. The molecule has 40 heavy (non-hydrogen) atoms. The molecule has 1 heterocycles. The fourth-order valence-corrected chi connectivity index (χ4v) is 5.08. The first-order valence-electron chi connectivity index (χ1n) is 12.6. The molecule has 1 aliphatic heterocycles. The van der Waals surface area contributed by atoms with E-state index in [4.69, 9.17) is 14.6 Å². The Balaban J connectivity index is 0.000000559. The third-order valence-corrected chi connectivity index (χ3v) is 6.88. The molecule has 220 valence electrons. The average Bonchev–Trinajstić information content (AvgIpc) is 3.62. The number of sulfonamides is 1. The van der Waals surface area contributed by atoms with Crippen LogP contribution in [-0.4, -0.2) is 61.9 Å². The first-order chi connectivity index (χ1) is 18.5. The second-order valence-corrected chi connectivity index (χ2v) is 12.0. The number of nitrogens with one attached hydrogen (secondary N) is 1. The van der Waals surface area contributed by atoms with Gasteiger partial charge < -0.3 is 9.84 Å². The maximum atomic E-state index is 14.8.